The van der Waals surface area contributed by atoms with Gasteiger partial charge < -0.3 is 39.6 Å². The van der Waals surface area contributed by atoms with Gasteiger partial charge in [0, 0.05) is 30.7 Å². The Bertz CT molecular complexity index is 1970. The lowest BCUT2D eigenvalue weighted by Crippen LogP contribution is -2.28. The number of benzene rings is 2. The summed E-state index contributed by atoms with van der Waals surface area (Å²) < 4.78 is 22.3. The smallest absolute Gasteiger partial charge is 0.407 e. The fourth-order valence-corrected chi connectivity index (χ4v) is 4.43. The molecule has 0 bridgehead atoms. The number of H-pyrrole nitrogens is 1. The molecular formula is C33H34N8O6. The molecule has 47 heavy (non-hydrogen) atoms. The van der Waals surface area contributed by atoms with Crippen LogP contribution in [0, 0.1) is 11.3 Å². The summed E-state index contributed by atoms with van der Waals surface area (Å²) in [7, 11) is 1.88. The monoisotopic (exact) mass is 638 g/mol. The van der Waals surface area contributed by atoms with E-state index in [1.807, 2.05) is 54.4 Å². The van der Waals surface area contributed by atoms with Crippen LogP contribution in [0.1, 0.15) is 37.7 Å². The van der Waals surface area contributed by atoms with Crippen molar-refractivity contribution in [2.24, 2.45) is 0 Å². The normalized spacial score (nSPS) is 11.7. The molecule has 14 heteroatoms. The average Bonchev–Trinajstić information content (AvgIpc) is 3.67. The third-order valence-corrected chi connectivity index (χ3v) is 6.75. The molecular weight excluding hydrogens is 604 g/mol. The van der Waals surface area contributed by atoms with Gasteiger partial charge in [0.1, 0.15) is 47.3 Å². The first-order chi connectivity index (χ1) is 22.5. The minimum Gasteiger partial charge on any atom is -0.471 e. The van der Waals surface area contributed by atoms with Crippen LogP contribution in [-0.4, -0.2) is 57.8 Å². The van der Waals surface area contributed by atoms with Crippen LogP contribution in [0.4, 0.5) is 16.4 Å². The number of nitriles is 1. The Morgan fingerprint density at radius 2 is 1.89 bits per heavy atom. The van der Waals surface area contributed by atoms with E-state index in [1.165, 1.54) is 12.4 Å². The third kappa shape index (κ3) is 8.54. The van der Waals surface area contributed by atoms with Gasteiger partial charge in [-0.25, -0.2) is 14.6 Å². The minimum atomic E-state index is -0.723. The first kappa shape index (κ1) is 32.3. The number of hydrogen-bond donors (Lipinski definition) is 3. The van der Waals surface area contributed by atoms with Gasteiger partial charge in [-0.3, -0.25) is 0 Å². The van der Waals surface area contributed by atoms with Crippen LogP contribution >= 0.6 is 0 Å². The van der Waals surface area contributed by atoms with Crippen molar-refractivity contribution in [3.05, 3.63) is 77.3 Å². The maximum atomic E-state index is 12.3. The molecule has 0 radical (unpaired) electrons. The largest absolute Gasteiger partial charge is 0.471 e. The number of carbonyl (C=O) groups excluding carboxylic acids is 2. The highest BCUT2D eigenvalue weighted by molar-refractivity contribution is 5.98. The Labute approximate surface area is 270 Å². The zero-order chi connectivity index (χ0) is 33.6. The van der Waals surface area contributed by atoms with Gasteiger partial charge in [-0.05, 0) is 56.2 Å². The van der Waals surface area contributed by atoms with Crippen LogP contribution in [0.25, 0.3) is 28.2 Å². The van der Waals surface area contributed by atoms with Gasteiger partial charge in [0.05, 0.1) is 12.9 Å². The lowest BCUT2D eigenvalue weighted by atomic mass is 10.1. The van der Waals surface area contributed by atoms with Crippen molar-refractivity contribution in [2.45, 2.75) is 39.5 Å². The summed E-state index contributed by atoms with van der Waals surface area (Å²) in [6, 6.07) is 16.8. The molecule has 1 amide bonds. The van der Waals surface area contributed by atoms with Crippen molar-refractivity contribution in [2.75, 3.05) is 30.8 Å². The molecule has 0 saturated heterocycles. The predicted octanol–water partition coefficient (Wildman–Crippen LogP) is 4.87. The molecule has 0 aliphatic rings. The summed E-state index contributed by atoms with van der Waals surface area (Å²) in [5.74, 6) is 0.0363. The first-order valence-electron chi connectivity index (χ1n) is 14.6. The van der Waals surface area contributed by atoms with Crippen LogP contribution in [0.3, 0.4) is 0 Å². The van der Waals surface area contributed by atoms with Gasteiger partial charge in [0.25, 0.3) is 0 Å². The Kier molecular flexibility index (Phi) is 9.55. The van der Waals surface area contributed by atoms with E-state index in [-0.39, 0.29) is 24.7 Å². The number of likely N-dealkylation sites (N-methyl/N-ethyl adjacent to an activating group) is 1. The number of amides is 1. The van der Waals surface area contributed by atoms with E-state index in [0.717, 1.165) is 22.2 Å². The second-order valence-corrected chi connectivity index (χ2v) is 11.5. The number of nitrogens with zero attached hydrogens (tertiary/aromatic N) is 5. The lowest BCUT2D eigenvalue weighted by molar-refractivity contribution is -0.149. The molecule has 4 N–H and O–H groups in total. The number of nitrogens with one attached hydrogen (secondary N) is 2. The molecule has 0 fully saturated rings. The predicted molar refractivity (Wildman–Crippen MR) is 174 cm³/mol. The summed E-state index contributed by atoms with van der Waals surface area (Å²) in [5.41, 5.74) is 9.10. The number of esters is 1. The number of hydrogen-bond acceptors (Lipinski definition) is 12. The molecule has 242 valence electrons. The van der Waals surface area contributed by atoms with E-state index in [1.54, 1.807) is 32.9 Å². The van der Waals surface area contributed by atoms with Crippen LogP contribution in [0.2, 0.25) is 0 Å². The Morgan fingerprint density at radius 3 is 2.64 bits per heavy atom. The molecule has 0 saturated carbocycles. The number of nitrogen functional groups attached to an aromatic ring is 1. The van der Waals surface area contributed by atoms with Gasteiger partial charge in [0.2, 0.25) is 11.8 Å². The van der Waals surface area contributed by atoms with Gasteiger partial charge >= 0.3 is 12.1 Å². The van der Waals surface area contributed by atoms with Crippen LogP contribution in [-0.2, 0) is 27.4 Å². The summed E-state index contributed by atoms with van der Waals surface area (Å²) >= 11 is 0. The van der Waals surface area contributed by atoms with Crippen molar-refractivity contribution in [1.82, 2.24) is 25.3 Å². The van der Waals surface area contributed by atoms with E-state index in [9.17, 15) is 14.9 Å². The van der Waals surface area contributed by atoms with Crippen LogP contribution in [0.15, 0.2) is 64.8 Å². The molecule has 3 aromatic heterocycles. The van der Waals surface area contributed by atoms with Crippen molar-refractivity contribution >= 4 is 51.9 Å². The number of furan rings is 1. The van der Waals surface area contributed by atoms with Gasteiger partial charge in [-0.1, -0.05) is 24.3 Å². The Balaban J connectivity index is 1.07. The first-order valence-corrected chi connectivity index (χ1v) is 14.6. The number of aromatic nitrogens is 4. The van der Waals surface area contributed by atoms with Gasteiger partial charge in [-0.2, -0.15) is 15.2 Å². The van der Waals surface area contributed by atoms with E-state index < -0.39 is 17.7 Å². The fraction of sp³-hybridized carbons (Fsp3) is 0.273. The highest BCUT2D eigenvalue weighted by Gasteiger charge is 2.20. The molecule has 0 spiro atoms. The molecule has 0 aliphatic heterocycles. The summed E-state index contributed by atoms with van der Waals surface area (Å²) in [6.07, 6.45) is 2.33. The average molecular weight is 639 g/mol. The van der Waals surface area contributed by atoms with Crippen molar-refractivity contribution in [1.29, 1.82) is 5.26 Å². The lowest BCUT2D eigenvalue weighted by Gasteiger charge is -2.19. The SMILES string of the molecule is CN(CCOC(=O)NCc1ccc(COc2nc(N)nc3nc[nH]c23)cc1)c1ccc2oc(/C=C(\C#N)C(=O)OC(C)(C)C)cc2c1. The van der Waals surface area contributed by atoms with E-state index in [4.69, 9.17) is 24.4 Å². The van der Waals surface area contributed by atoms with Crippen molar-refractivity contribution in [3.63, 3.8) is 0 Å². The standard InChI is InChI=1S/C33H34N8O6/c1-33(2,3)47-30(42)23(16-34)15-25-14-22-13-24(9-10-26(22)46-25)41(4)11-12-44-32(43)36-17-20-5-7-21(8-6-20)18-45-29-27-28(38-19-37-27)39-31(35)40-29/h5-10,13-15,19H,11-12,17-18H2,1-4H3,(H,36,43)(H3,35,37,38,39,40)/b23-15+. The summed E-state index contributed by atoms with van der Waals surface area (Å²) in [4.78, 5) is 41.7. The highest BCUT2D eigenvalue weighted by atomic mass is 16.6. The number of alkyl carbamates (subject to hydrolysis) is 1. The third-order valence-electron chi connectivity index (χ3n) is 6.75. The highest BCUT2D eigenvalue weighted by Crippen LogP contribution is 2.26. The van der Waals surface area contributed by atoms with Gasteiger partial charge in [0.15, 0.2) is 5.65 Å². The number of imidazole rings is 1. The fourth-order valence-electron chi connectivity index (χ4n) is 4.43. The Morgan fingerprint density at radius 1 is 1.13 bits per heavy atom. The minimum absolute atomic E-state index is 0.0770. The molecule has 5 rings (SSSR count). The van der Waals surface area contributed by atoms with Crippen molar-refractivity contribution in [3.8, 4) is 11.9 Å². The molecule has 2 aromatic carbocycles. The number of carbonyl (C=O) groups is 2. The second kappa shape index (κ2) is 13.9. The quantitative estimate of drug-likeness (QED) is 0.101. The van der Waals surface area contributed by atoms with E-state index in [0.29, 0.717) is 41.5 Å². The molecule has 14 nitrogen and oxygen atoms in total. The molecule has 5 aromatic rings. The second-order valence-electron chi connectivity index (χ2n) is 11.5. The number of ether oxygens (including phenoxy) is 3. The maximum absolute atomic E-state index is 12.3. The topological polar surface area (TPSA) is 195 Å². The van der Waals surface area contributed by atoms with Crippen molar-refractivity contribution < 1.29 is 28.2 Å². The molecule has 0 aliphatic carbocycles. The van der Waals surface area contributed by atoms with E-state index in [2.05, 4.69) is 25.3 Å². The summed E-state index contributed by atoms with van der Waals surface area (Å²) in [6.45, 7) is 6.35. The molecule has 0 unspecified atom stereocenters. The Hall–Kier alpha value is -6.10. The van der Waals surface area contributed by atoms with Crippen LogP contribution < -0.4 is 20.7 Å². The number of rotatable bonds is 11. The number of aromatic amines is 1. The maximum Gasteiger partial charge on any atom is 0.407 e. The molecule has 3 heterocycles. The summed E-state index contributed by atoms with van der Waals surface area (Å²) in [5, 5.41) is 13.0. The molecule has 0 atom stereocenters. The number of nitrogens with two attached hydrogens (primary N) is 1. The van der Waals surface area contributed by atoms with Crippen LogP contribution in [0.5, 0.6) is 5.88 Å². The van der Waals surface area contributed by atoms with Gasteiger partial charge in [-0.15, -0.1) is 0 Å². The number of fused-ring (bicyclic) bond motifs is 2. The number of anilines is 2. The zero-order valence-corrected chi connectivity index (χ0v) is 26.4. The van der Waals surface area contributed by atoms with E-state index >= 15 is 0 Å². The zero-order valence-electron chi connectivity index (χ0n) is 26.4.